The quantitative estimate of drug-likeness (QED) is 0.871. The van der Waals surface area contributed by atoms with Gasteiger partial charge in [0, 0.05) is 13.4 Å². The van der Waals surface area contributed by atoms with Gasteiger partial charge in [-0.3, -0.25) is 0 Å². The molecule has 0 amide bonds. The molecule has 1 N–H and O–H groups in total. The Morgan fingerprint density at radius 2 is 1.79 bits per heavy atom. The fraction of sp³-hybridized carbons (Fsp3) is 0.571. The highest BCUT2D eigenvalue weighted by Gasteiger charge is 2.19. The van der Waals surface area contributed by atoms with Crippen LogP contribution in [0.2, 0.25) is 0 Å². The molecule has 0 fully saturated rings. The van der Waals surface area contributed by atoms with Crippen molar-refractivity contribution in [3.05, 3.63) is 29.8 Å². The minimum absolute atomic E-state index is 0.265. The number of hydrogen-bond acceptors (Lipinski definition) is 4. The maximum absolute atomic E-state index is 11.3. The molecule has 0 aliphatic rings. The van der Waals surface area contributed by atoms with Crippen molar-refractivity contribution in [2.45, 2.75) is 43.3 Å². The van der Waals surface area contributed by atoms with Crippen LogP contribution in [-0.2, 0) is 14.6 Å². The molecule has 5 heteroatoms. The van der Waals surface area contributed by atoms with Crippen LogP contribution >= 0.6 is 0 Å². The highest BCUT2D eigenvalue weighted by Crippen LogP contribution is 2.25. The summed E-state index contributed by atoms with van der Waals surface area (Å²) >= 11 is 0. The predicted molar refractivity (Wildman–Crippen MR) is 74.8 cm³/mol. The molecule has 0 radical (unpaired) electrons. The molecule has 0 saturated carbocycles. The minimum atomic E-state index is -3.19. The molecule has 19 heavy (non-hydrogen) atoms. The predicted octanol–water partition coefficient (Wildman–Crippen LogP) is 2.33. The molecule has 1 aromatic rings. The van der Waals surface area contributed by atoms with Gasteiger partial charge in [-0.1, -0.05) is 12.1 Å². The Morgan fingerprint density at radius 3 is 2.21 bits per heavy atom. The third-order valence-electron chi connectivity index (χ3n) is 3.27. The van der Waals surface area contributed by atoms with E-state index in [-0.39, 0.29) is 10.5 Å². The van der Waals surface area contributed by atoms with E-state index in [0.29, 0.717) is 6.42 Å². The first kappa shape index (κ1) is 16.1. The van der Waals surface area contributed by atoms with Crippen LogP contribution in [0.4, 0.5) is 0 Å². The van der Waals surface area contributed by atoms with Crippen molar-refractivity contribution in [2.24, 2.45) is 0 Å². The molecule has 0 saturated heterocycles. The van der Waals surface area contributed by atoms with Crippen LogP contribution in [0.3, 0.4) is 0 Å². The van der Waals surface area contributed by atoms with Gasteiger partial charge in [0.05, 0.1) is 16.6 Å². The standard InChI is InChI=1S/C14H22O4S/c1-14(2,18-3)10-9-13(15)11-5-7-12(8-6-11)19(4,16)17/h5-8,13,15H,9-10H2,1-4H3. The third kappa shape index (κ3) is 4.93. The molecule has 1 aromatic carbocycles. The molecule has 1 rings (SSSR count). The molecule has 0 aliphatic carbocycles. The summed E-state index contributed by atoms with van der Waals surface area (Å²) in [5.74, 6) is 0. The summed E-state index contributed by atoms with van der Waals surface area (Å²) in [5, 5.41) is 10.1. The van der Waals surface area contributed by atoms with E-state index in [0.717, 1.165) is 12.0 Å². The monoisotopic (exact) mass is 286 g/mol. The summed E-state index contributed by atoms with van der Waals surface area (Å²) in [5.41, 5.74) is 0.451. The van der Waals surface area contributed by atoms with E-state index in [2.05, 4.69) is 0 Å². The second-order valence-corrected chi connectivity index (χ2v) is 7.38. The zero-order valence-corrected chi connectivity index (χ0v) is 12.7. The van der Waals surface area contributed by atoms with E-state index in [1.54, 1.807) is 19.2 Å². The van der Waals surface area contributed by atoms with E-state index < -0.39 is 15.9 Å². The fourth-order valence-corrected chi connectivity index (χ4v) is 2.32. The van der Waals surface area contributed by atoms with Gasteiger partial charge in [-0.25, -0.2) is 8.42 Å². The summed E-state index contributed by atoms with van der Waals surface area (Å²) in [6.45, 7) is 3.93. The number of benzene rings is 1. The van der Waals surface area contributed by atoms with Gasteiger partial charge in [-0.2, -0.15) is 0 Å². The normalized spacial score (nSPS) is 14.4. The van der Waals surface area contributed by atoms with Crippen molar-refractivity contribution in [1.82, 2.24) is 0 Å². The smallest absolute Gasteiger partial charge is 0.175 e. The molecule has 0 aromatic heterocycles. The number of rotatable bonds is 6. The lowest BCUT2D eigenvalue weighted by molar-refractivity contribution is 0.00278. The first-order chi connectivity index (χ1) is 8.65. The fourth-order valence-electron chi connectivity index (χ4n) is 1.69. The van der Waals surface area contributed by atoms with Crippen LogP contribution in [0.5, 0.6) is 0 Å². The Kier molecular flexibility index (Phi) is 5.12. The lowest BCUT2D eigenvalue weighted by atomic mass is 9.97. The van der Waals surface area contributed by atoms with E-state index in [1.165, 1.54) is 18.4 Å². The van der Waals surface area contributed by atoms with Crippen LogP contribution < -0.4 is 0 Å². The molecule has 0 heterocycles. The average molecular weight is 286 g/mol. The lowest BCUT2D eigenvalue weighted by Gasteiger charge is -2.24. The Labute approximate surface area is 115 Å². The number of aliphatic hydroxyl groups excluding tert-OH is 1. The van der Waals surface area contributed by atoms with Crippen LogP contribution in [-0.4, -0.2) is 32.5 Å². The van der Waals surface area contributed by atoms with Crippen molar-refractivity contribution in [3.63, 3.8) is 0 Å². The number of sulfone groups is 1. The largest absolute Gasteiger partial charge is 0.388 e. The summed E-state index contributed by atoms with van der Waals surface area (Å²) in [6, 6.07) is 6.35. The van der Waals surface area contributed by atoms with Crippen molar-refractivity contribution >= 4 is 9.84 Å². The first-order valence-electron chi connectivity index (χ1n) is 6.19. The molecule has 0 bridgehead atoms. The average Bonchev–Trinajstić information content (AvgIpc) is 2.35. The zero-order chi connectivity index (χ0) is 14.7. The van der Waals surface area contributed by atoms with E-state index >= 15 is 0 Å². The first-order valence-corrected chi connectivity index (χ1v) is 8.08. The Morgan fingerprint density at radius 1 is 1.26 bits per heavy atom. The summed E-state index contributed by atoms with van der Waals surface area (Å²) in [7, 11) is -1.54. The SMILES string of the molecule is COC(C)(C)CCC(O)c1ccc(S(C)(=O)=O)cc1. The van der Waals surface area contributed by atoms with E-state index in [1.807, 2.05) is 13.8 Å². The maximum Gasteiger partial charge on any atom is 0.175 e. The molecular weight excluding hydrogens is 264 g/mol. The number of aliphatic hydroxyl groups is 1. The van der Waals surface area contributed by atoms with Crippen molar-refractivity contribution in [2.75, 3.05) is 13.4 Å². The molecule has 1 atom stereocenters. The molecule has 4 nitrogen and oxygen atoms in total. The van der Waals surface area contributed by atoms with Crippen molar-refractivity contribution in [1.29, 1.82) is 0 Å². The summed E-state index contributed by atoms with van der Waals surface area (Å²) in [4.78, 5) is 0.265. The van der Waals surface area contributed by atoms with Crippen LogP contribution in [0, 0.1) is 0 Å². The van der Waals surface area contributed by atoms with Gasteiger partial charge in [0.15, 0.2) is 9.84 Å². The Hall–Kier alpha value is -0.910. The maximum atomic E-state index is 11.3. The van der Waals surface area contributed by atoms with Gasteiger partial charge >= 0.3 is 0 Å². The Balaban J connectivity index is 2.71. The van der Waals surface area contributed by atoms with Crippen molar-refractivity contribution < 1.29 is 18.3 Å². The lowest BCUT2D eigenvalue weighted by Crippen LogP contribution is -2.23. The second kappa shape index (κ2) is 6.03. The number of hydrogen-bond donors (Lipinski definition) is 1. The van der Waals surface area contributed by atoms with Gasteiger partial charge in [0.2, 0.25) is 0 Å². The number of methoxy groups -OCH3 is 1. The van der Waals surface area contributed by atoms with E-state index in [9.17, 15) is 13.5 Å². The molecule has 108 valence electrons. The third-order valence-corrected chi connectivity index (χ3v) is 4.39. The highest BCUT2D eigenvalue weighted by molar-refractivity contribution is 7.90. The van der Waals surface area contributed by atoms with Gasteiger partial charge in [-0.05, 0) is 44.4 Å². The molecule has 0 aliphatic heterocycles. The molecular formula is C14H22O4S. The number of ether oxygens (including phenoxy) is 1. The summed E-state index contributed by atoms with van der Waals surface area (Å²) < 4.78 is 28.0. The van der Waals surface area contributed by atoms with Gasteiger partial charge in [0.25, 0.3) is 0 Å². The molecule has 1 unspecified atom stereocenters. The Bertz CT molecular complexity index is 503. The van der Waals surface area contributed by atoms with E-state index in [4.69, 9.17) is 4.74 Å². The van der Waals surface area contributed by atoms with Crippen LogP contribution in [0.1, 0.15) is 38.4 Å². The van der Waals surface area contributed by atoms with Gasteiger partial charge in [-0.15, -0.1) is 0 Å². The topological polar surface area (TPSA) is 63.6 Å². The van der Waals surface area contributed by atoms with Crippen LogP contribution in [0.15, 0.2) is 29.2 Å². The van der Waals surface area contributed by atoms with Gasteiger partial charge in [0.1, 0.15) is 0 Å². The van der Waals surface area contributed by atoms with Crippen molar-refractivity contribution in [3.8, 4) is 0 Å². The second-order valence-electron chi connectivity index (χ2n) is 5.36. The summed E-state index contributed by atoms with van der Waals surface area (Å²) in [6.07, 6.45) is 1.85. The zero-order valence-electron chi connectivity index (χ0n) is 11.9. The molecule has 0 spiro atoms. The highest BCUT2D eigenvalue weighted by atomic mass is 32.2. The van der Waals surface area contributed by atoms with Crippen LogP contribution in [0.25, 0.3) is 0 Å². The minimum Gasteiger partial charge on any atom is -0.388 e. The van der Waals surface area contributed by atoms with Gasteiger partial charge < -0.3 is 9.84 Å².